The molecule has 8 heteroatoms. The number of pyridine rings is 1. The molecule has 0 spiro atoms. The molecule has 3 heterocycles. The van der Waals surface area contributed by atoms with Crippen molar-refractivity contribution >= 4 is 34.4 Å². The van der Waals surface area contributed by atoms with Gasteiger partial charge in [-0.05, 0) is 37.3 Å². The molecule has 1 atom stereocenters. The third kappa shape index (κ3) is 4.01. The van der Waals surface area contributed by atoms with E-state index in [9.17, 15) is 4.79 Å². The number of carbonyl (C=O) groups is 1. The van der Waals surface area contributed by atoms with Crippen LogP contribution in [0.2, 0.25) is 0 Å². The summed E-state index contributed by atoms with van der Waals surface area (Å²) in [4.78, 5) is 24.4. The lowest BCUT2D eigenvalue weighted by atomic mass is 10.3. The Morgan fingerprint density at radius 2 is 2.15 bits per heavy atom. The number of nitrogens with one attached hydrogen (secondary N) is 2. The maximum atomic E-state index is 12.2. The molecule has 2 N–H and O–H groups in total. The van der Waals surface area contributed by atoms with Gasteiger partial charge < -0.3 is 10.3 Å². The van der Waals surface area contributed by atoms with Crippen LogP contribution >= 0.6 is 11.8 Å². The van der Waals surface area contributed by atoms with Crippen molar-refractivity contribution in [2.75, 3.05) is 11.1 Å². The summed E-state index contributed by atoms with van der Waals surface area (Å²) in [6, 6.07) is 13.4. The highest BCUT2D eigenvalue weighted by Gasteiger charge is 2.13. The van der Waals surface area contributed by atoms with E-state index in [1.165, 1.54) is 11.8 Å². The minimum Gasteiger partial charge on any atom is -0.341 e. The highest BCUT2D eigenvalue weighted by molar-refractivity contribution is 8.00. The number of fused-ring (bicyclic) bond motifs is 1. The lowest BCUT2D eigenvalue weighted by Gasteiger charge is -2.09. The molecule has 0 saturated carbocycles. The maximum absolute atomic E-state index is 12.2. The van der Waals surface area contributed by atoms with Crippen molar-refractivity contribution in [2.45, 2.75) is 12.2 Å². The predicted octanol–water partition coefficient (Wildman–Crippen LogP) is 3.58. The third-order valence-electron chi connectivity index (χ3n) is 4.03. The molecule has 0 bridgehead atoms. The molecule has 7 nitrogen and oxygen atoms in total. The van der Waals surface area contributed by atoms with Crippen LogP contribution in [-0.2, 0) is 4.79 Å². The standard InChI is InChI=1S/C19H18N6OS/c1-13(19-23-15-5-2-3-6-16(15)24-19)27-12-18(26)22-14-7-8-17(20-11-14)25-10-4-9-21-25/h2-11,13H,12H2,1H3,(H,22,26)(H,23,24)/t13-/m0/s1. The van der Waals surface area contributed by atoms with Crippen molar-refractivity contribution in [3.05, 3.63) is 66.9 Å². The van der Waals surface area contributed by atoms with Crippen LogP contribution in [0.4, 0.5) is 5.69 Å². The van der Waals surface area contributed by atoms with E-state index in [2.05, 4.69) is 25.4 Å². The van der Waals surface area contributed by atoms with Gasteiger partial charge in [-0.1, -0.05) is 12.1 Å². The molecule has 4 rings (SSSR count). The van der Waals surface area contributed by atoms with E-state index in [1.807, 2.05) is 55.6 Å². The topological polar surface area (TPSA) is 88.5 Å². The summed E-state index contributed by atoms with van der Waals surface area (Å²) in [6.07, 6.45) is 5.14. The molecule has 4 aromatic rings. The summed E-state index contributed by atoms with van der Waals surface area (Å²) in [6.45, 7) is 2.04. The number of thioether (sulfide) groups is 1. The Hall–Kier alpha value is -3.13. The average molecular weight is 378 g/mol. The highest BCUT2D eigenvalue weighted by Crippen LogP contribution is 2.27. The number of benzene rings is 1. The number of imidazole rings is 1. The number of anilines is 1. The first-order valence-electron chi connectivity index (χ1n) is 8.51. The van der Waals surface area contributed by atoms with Crippen LogP contribution in [0, 0.1) is 0 Å². The van der Waals surface area contributed by atoms with Gasteiger partial charge in [-0.2, -0.15) is 5.10 Å². The van der Waals surface area contributed by atoms with E-state index in [-0.39, 0.29) is 11.2 Å². The van der Waals surface area contributed by atoms with Crippen LogP contribution in [0.3, 0.4) is 0 Å². The van der Waals surface area contributed by atoms with Crippen LogP contribution in [0.25, 0.3) is 16.9 Å². The normalized spacial score (nSPS) is 12.2. The largest absolute Gasteiger partial charge is 0.341 e. The van der Waals surface area contributed by atoms with E-state index < -0.39 is 0 Å². The van der Waals surface area contributed by atoms with Gasteiger partial charge in [0.2, 0.25) is 5.91 Å². The molecule has 0 aliphatic rings. The molecule has 27 heavy (non-hydrogen) atoms. The fraction of sp³-hybridized carbons (Fsp3) is 0.158. The van der Waals surface area contributed by atoms with Gasteiger partial charge in [0.1, 0.15) is 5.82 Å². The SMILES string of the molecule is C[C@H](SCC(=O)Nc1ccc(-n2cccn2)nc1)c1nc2ccccc2[nH]1. The van der Waals surface area contributed by atoms with Crippen molar-refractivity contribution in [3.63, 3.8) is 0 Å². The Balaban J connectivity index is 1.32. The summed E-state index contributed by atoms with van der Waals surface area (Å²) in [7, 11) is 0. The van der Waals surface area contributed by atoms with E-state index in [4.69, 9.17) is 0 Å². The van der Waals surface area contributed by atoms with Crippen LogP contribution in [0.1, 0.15) is 18.0 Å². The smallest absolute Gasteiger partial charge is 0.234 e. The molecule has 1 aromatic carbocycles. The molecule has 0 fully saturated rings. The van der Waals surface area contributed by atoms with Gasteiger partial charge in [-0.15, -0.1) is 11.8 Å². The number of aromatic amines is 1. The number of carbonyl (C=O) groups excluding carboxylic acids is 1. The molecule has 3 aromatic heterocycles. The van der Waals surface area contributed by atoms with Crippen molar-refractivity contribution in [2.24, 2.45) is 0 Å². The average Bonchev–Trinajstić information content (AvgIpc) is 3.36. The zero-order valence-corrected chi connectivity index (χ0v) is 15.5. The Morgan fingerprint density at radius 1 is 1.26 bits per heavy atom. The number of para-hydroxylation sites is 2. The maximum Gasteiger partial charge on any atom is 0.234 e. The van der Waals surface area contributed by atoms with Crippen LogP contribution in [0.15, 0.2) is 61.1 Å². The van der Waals surface area contributed by atoms with Gasteiger partial charge >= 0.3 is 0 Å². The number of rotatable bonds is 6. The fourth-order valence-electron chi connectivity index (χ4n) is 2.64. The van der Waals surface area contributed by atoms with E-state index in [1.54, 1.807) is 17.1 Å². The van der Waals surface area contributed by atoms with Crippen molar-refractivity contribution < 1.29 is 4.79 Å². The Kier molecular flexibility index (Phi) is 4.88. The van der Waals surface area contributed by atoms with Gasteiger partial charge in [0, 0.05) is 12.4 Å². The van der Waals surface area contributed by atoms with Crippen LogP contribution < -0.4 is 5.32 Å². The first-order valence-corrected chi connectivity index (χ1v) is 9.56. The van der Waals surface area contributed by atoms with Gasteiger partial charge in [0.25, 0.3) is 0 Å². The van der Waals surface area contributed by atoms with Crippen molar-refractivity contribution in [3.8, 4) is 5.82 Å². The summed E-state index contributed by atoms with van der Waals surface area (Å²) in [5.74, 6) is 1.83. The zero-order chi connectivity index (χ0) is 18.6. The third-order valence-corrected chi connectivity index (χ3v) is 5.18. The summed E-state index contributed by atoms with van der Waals surface area (Å²) >= 11 is 1.53. The van der Waals surface area contributed by atoms with E-state index >= 15 is 0 Å². The Morgan fingerprint density at radius 3 is 2.89 bits per heavy atom. The summed E-state index contributed by atoms with van der Waals surface area (Å²) in [5.41, 5.74) is 2.60. The molecule has 0 saturated heterocycles. The minimum absolute atomic E-state index is 0.0726. The van der Waals surface area contributed by atoms with Gasteiger partial charge in [0.15, 0.2) is 5.82 Å². The number of hydrogen-bond acceptors (Lipinski definition) is 5. The predicted molar refractivity (Wildman–Crippen MR) is 107 cm³/mol. The minimum atomic E-state index is -0.0726. The number of aromatic nitrogens is 5. The molecule has 0 radical (unpaired) electrons. The molecule has 136 valence electrons. The van der Waals surface area contributed by atoms with Crippen molar-refractivity contribution in [1.82, 2.24) is 24.7 Å². The molecule has 0 unspecified atom stereocenters. The first-order chi connectivity index (χ1) is 13.2. The van der Waals surface area contributed by atoms with E-state index in [0.717, 1.165) is 16.9 Å². The molecule has 0 aliphatic heterocycles. The second-order valence-corrected chi connectivity index (χ2v) is 7.33. The highest BCUT2D eigenvalue weighted by atomic mass is 32.2. The summed E-state index contributed by atoms with van der Waals surface area (Å²) in [5, 5.41) is 7.08. The number of hydrogen-bond donors (Lipinski definition) is 2. The van der Waals surface area contributed by atoms with Crippen LogP contribution in [-0.4, -0.2) is 36.4 Å². The van der Waals surface area contributed by atoms with Crippen molar-refractivity contribution in [1.29, 1.82) is 0 Å². The summed E-state index contributed by atoms with van der Waals surface area (Å²) < 4.78 is 1.66. The fourth-order valence-corrected chi connectivity index (χ4v) is 3.38. The number of H-pyrrole nitrogens is 1. The molecular formula is C19H18N6OS. The number of amides is 1. The number of nitrogens with zero attached hydrogens (tertiary/aromatic N) is 4. The zero-order valence-electron chi connectivity index (χ0n) is 14.7. The monoisotopic (exact) mass is 378 g/mol. The van der Waals surface area contributed by atoms with Gasteiger partial charge in [-0.3, -0.25) is 4.79 Å². The van der Waals surface area contributed by atoms with Gasteiger partial charge in [0.05, 0.1) is 33.9 Å². The quantitative estimate of drug-likeness (QED) is 0.535. The van der Waals surface area contributed by atoms with Crippen LogP contribution in [0.5, 0.6) is 0 Å². The first kappa shape index (κ1) is 17.3. The second kappa shape index (κ2) is 7.63. The lowest BCUT2D eigenvalue weighted by molar-refractivity contribution is -0.113. The molecule has 0 aliphatic carbocycles. The Labute approximate surface area is 160 Å². The molecular weight excluding hydrogens is 360 g/mol. The lowest BCUT2D eigenvalue weighted by Crippen LogP contribution is -2.15. The van der Waals surface area contributed by atoms with Gasteiger partial charge in [-0.25, -0.2) is 14.6 Å². The molecule has 1 amide bonds. The van der Waals surface area contributed by atoms with E-state index in [0.29, 0.717) is 17.3 Å². The Bertz CT molecular complexity index is 1010. The second-order valence-electron chi connectivity index (χ2n) is 6.00.